The van der Waals surface area contributed by atoms with Crippen molar-refractivity contribution in [1.29, 1.82) is 0 Å². The van der Waals surface area contributed by atoms with Crippen LogP contribution in [-0.4, -0.2) is 70.1 Å². The van der Waals surface area contributed by atoms with Crippen molar-refractivity contribution in [3.8, 4) is 0 Å². The molecule has 11 heteroatoms. The molecule has 0 aliphatic carbocycles. The van der Waals surface area contributed by atoms with Crippen molar-refractivity contribution in [3.05, 3.63) is 11.0 Å². The highest BCUT2D eigenvalue weighted by Crippen LogP contribution is 2.44. The first-order valence-corrected chi connectivity index (χ1v) is 11.2. The fourth-order valence-corrected chi connectivity index (χ4v) is 4.64. The number of rotatable bonds is 1. The van der Waals surface area contributed by atoms with Crippen molar-refractivity contribution in [1.82, 2.24) is 19.9 Å². The summed E-state index contributed by atoms with van der Waals surface area (Å²) in [5.41, 5.74) is -1.27. The third-order valence-corrected chi connectivity index (χ3v) is 6.14. The zero-order valence-electron chi connectivity index (χ0n) is 17.8. The van der Waals surface area contributed by atoms with Gasteiger partial charge in [0.25, 0.3) is 0 Å². The van der Waals surface area contributed by atoms with E-state index in [1.165, 1.54) is 11.8 Å². The Hall–Kier alpha value is -2.07. The van der Waals surface area contributed by atoms with E-state index in [-0.39, 0.29) is 10.7 Å². The second-order valence-corrected chi connectivity index (χ2v) is 9.79. The van der Waals surface area contributed by atoms with Gasteiger partial charge in [0.1, 0.15) is 28.4 Å². The number of carbonyl (C=O) groups excluding carboxylic acids is 1. The zero-order valence-corrected chi connectivity index (χ0v) is 19.4. The fourth-order valence-electron chi connectivity index (χ4n) is 4.11. The number of thioether (sulfide) groups is 1. The Morgan fingerprint density at radius 3 is 2.57 bits per heavy atom. The molecule has 0 spiro atoms. The van der Waals surface area contributed by atoms with E-state index < -0.39 is 23.2 Å². The fraction of sp³-hybridized carbons (Fsp3) is 0.579. The van der Waals surface area contributed by atoms with Gasteiger partial charge in [-0.1, -0.05) is 23.4 Å². The van der Waals surface area contributed by atoms with Crippen LogP contribution in [0.2, 0.25) is 5.15 Å². The molecule has 0 radical (unpaired) electrons. The van der Waals surface area contributed by atoms with Crippen LogP contribution >= 0.6 is 23.4 Å². The number of ether oxygens (including phenoxy) is 1. The third kappa shape index (κ3) is 3.20. The van der Waals surface area contributed by atoms with E-state index in [1.807, 2.05) is 50.8 Å². The lowest BCUT2D eigenvalue weighted by Gasteiger charge is -2.42. The van der Waals surface area contributed by atoms with Gasteiger partial charge in [0.15, 0.2) is 16.1 Å². The van der Waals surface area contributed by atoms with Gasteiger partial charge in [-0.05, 0) is 34.0 Å². The number of halogens is 2. The summed E-state index contributed by atoms with van der Waals surface area (Å²) in [5.74, 6) is 0.355. The van der Waals surface area contributed by atoms with Crippen LogP contribution in [0, 0.1) is 5.82 Å². The molecule has 0 N–H and O–H groups in total. The predicted octanol–water partition coefficient (Wildman–Crippen LogP) is 3.76. The van der Waals surface area contributed by atoms with E-state index in [0.717, 1.165) is 0 Å². The first kappa shape index (κ1) is 21.2. The van der Waals surface area contributed by atoms with Gasteiger partial charge in [0.05, 0.1) is 11.9 Å². The van der Waals surface area contributed by atoms with E-state index in [1.54, 1.807) is 4.90 Å². The highest BCUT2D eigenvalue weighted by Gasteiger charge is 2.51. The summed E-state index contributed by atoms with van der Waals surface area (Å²) in [6.07, 6.45) is 1.42. The summed E-state index contributed by atoms with van der Waals surface area (Å²) in [6, 6.07) is 0. The largest absolute Gasteiger partial charge is 0.444 e. The van der Waals surface area contributed by atoms with Crippen LogP contribution in [0.1, 0.15) is 27.7 Å². The minimum Gasteiger partial charge on any atom is -0.444 e. The van der Waals surface area contributed by atoms with E-state index in [4.69, 9.17) is 21.3 Å². The number of pyridine rings is 1. The van der Waals surface area contributed by atoms with Gasteiger partial charge in [-0.25, -0.2) is 24.1 Å². The molecule has 2 aromatic heterocycles. The Morgan fingerprint density at radius 1 is 1.23 bits per heavy atom. The molecule has 4 rings (SSSR count). The Kier molecular flexibility index (Phi) is 4.93. The lowest BCUT2D eigenvalue weighted by atomic mass is 10.1. The summed E-state index contributed by atoms with van der Waals surface area (Å²) in [5, 5.41) is 0.677. The Morgan fingerprint density at radius 2 is 1.93 bits per heavy atom. The highest BCUT2D eigenvalue weighted by atomic mass is 35.5. The molecular weight excluding hydrogens is 431 g/mol. The summed E-state index contributed by atoms with van der Waals surface area (Å²) in [4.78, 5) is 31.9. The molecule has 0 aromatic carbocycles. The van der Waals surface area contributed by atoms with E-state index in [0.29, 0.717) is 41.8 Å². The molecule has 4 heterocycles. The molecule has 2 aromatic rings. The summed E-state index contributed by atoms with van der Waals surface area (Å²) >= 11 is 7.41. The maximum Gasteiger partial charge on any atom is 0.412 e. The van der Waals surface area contributed by atoms with Crippen molar-refractivity contribution in [2.75, 3.05) is 42.7 Å². The zero-order chi connectivity index (χ0) is 22.0. The molecule has 1 atom stereocenters. The molecular formula is C19H24ClFN6O2S. The third-order valence-electron chi connectivity index (χ3n) is 5.35. The number of fused-ring (bicyclic) bond motifs is 2. The highest BCUT2D eigenvalue weighted by molar-refractivity contribution is 7.98. The van der Waals surface area contributed by atoms with E-state index >= 15 is 0 Å². The number of anilines is 2. The summed E-state index contributed by atoms with van der Waals surface area (Å²) in [7, 11) is 1.84. The Balaban J connectivity index is 1.92. The number of carbonyl (C=O) groups is 1. The topological polar surface area (TPSA) is 74.7 Å². The van der Waals surface area contributed by atoms with Crippen LogP contribution in [0.15, 0.2) is 5.16 Å². The van der Waals surface area contributed by atoms with E-state index in [9.17, 15) is 9.18 Å². The van der Waals surface area contributed by atoms with Gasteiger partial charge in [-0.2, -0.15) is 0 Å². The number of likely N-dealkylation sites (N-methyl/N-ethyl adjacent to an activating group) is 1. The van der Waals surface area contributed by atoms with Crippen LogP contribution in [0.25, 0.3) is 10.9 Å². The van der Waals surface area contributed by atoms with Crippen molar-refractivity contribution in [2.45, 2.75) is 44.1 Å². The van der Waals surface area contributed by atoms with E-state index in [2.05, 4.69) is 9.97 Å². The lowest BCUT2D eigenvalue weighted by molar-refractivity contribution is 0.0122. The van der Waals surface area contributed by atoms with Crippen LogP contribution in [0.4, 0.5) is 20.8 Å². The lowest BCUT2D eigenvalue weighted by Crippen LogP contribution is -2.59. The first-order valence-electron chi connectivity index (χ1n) is 9.56. The van der Waals surface area contributed by atoms with Gasteiger partial charge in [-0.3, -0.25) is 4.90 Å². The summed E-state index contributed by atoms with van der Waals surface area (Å²) < 4.78 is 20.6. The van der Waals surface area contributed by atoms with Crippen molar-refractivity contribution in [3.63, 3.8) is 0 Å². The molecule has 0 unspecified atom stereocenters. The van der Waals surface area contributed by atoms with Crippen LogP contribution in [-0.2, 0) is 4.74 Å². The smallest absolute Gasteiger partial charge is 0.412 e. The summed E-state index contributed by atoms with van der Waals surface area (Å²) in [6.45, 7) is 8.85. The van der Waals surface area contributed by atoms with Crippen LogP contribution in [0.5, 0.6) is 0 Å². The average Bonchev–Trinajstić information content (AvgIpc) is 2.94. The number of aromatic nitrogens is 3. The quantitative estimate of drug-likeness (QED) is 0.366. The Bertz CT molecular complexity index is 1050. The molecule has 1 amide bonds. The van der Waals surface area contributed by atoms with Crippen LogP contribution in [0.3, 0.4) is 0 Å². The maximum atomic E-state index is 14.9. The normalized spacial score (nSPS) is 21.1. The SMILES string of the molecule is CSc1nc2c3c(nc(Cl)c(F)c3n1)N(C)C[C@@]1(C)N(C(=O)OC(C)(C)C)CCN21. The molecule has 8 nitrogen and oxygen atoms in total. The molecule has 162 valence electrons. The van der Waals surface area contributed by atoms with Crippen LogP contribution < -0.4 is 9.80 Å². The van der Waals surface area contributed by atoms with Crippen molar-refractivity contribution < 1.29 is 13.9 Å². The van der Waals surface area contributed by atoms with Gasteiger partial charge in [0, 0.05) is 20.1 Å². The number of nitrogens with zero attached hydrogens (tertiary/aromatic N) is 6. The van der Waals surface area contributed by atoms with Gasteiger partial charge < -0.3 is 14.5 Å². The first-order chi connectivity index (χ1) is 14.0. The molecule has 0 bridgehead atoms. The predicted molar refractivity (Wildman–Crippen MR) is 116 cm³/mol. The number of hydrogen-bond donors (Lipinski definition) is 0. The molecule has 30 heavy (non-hydrogen) atoms. The van der Waals surface area contributed by atoms with Gasteiger partial charge in [0.2, 0.25) is 0 Å². The van der Waals surface area contributed by atoms with Gasteiger partial charge >= 0.3 is 6.09 Å². The molecule has 2 aliphatic rings. The van der Waals surface area contributed by atoms with Gasteiger partial charge in [-0.15, -0.1) is 0 Å². The Labute approximate surface area is 183 Å². The standard InChI is InChI=1S/C19H24ClFN6O2S/c1-18(2,3)29-17(28)27-8-7-26-15-10-12(22-16(24-15)30-6)11(21)13(20)23-14(10)25(5)9-19(26,27)4/h7-9H2,1-6H3/t19-/m1/s1. The molecule has 2 aliphatic heterocycles. The van der Waals surface area contributed by atoms with Crippen molar-refractivity contribution >= 4 is 52.0 Å². The minimum absolute atomic E-state index is 0.131. The second kappa shape index (κ2) is 6.98. The molecule has 1 saturated heterocycles. The maximum absolute atomic E-state index is 14.9. The van der Waals surface area contributed by atoms with Crippen molar-refractivity contribution in [2.24, 2.45) is 0 Å². The molecule has 1 fully saturated rings. The monoisotopic (exact) mass is 454 g/mol. The number of amides is 1. The average molecular weight is 455 g/mol. The number of hydrogen-bond acceptors (Lipinski definition) is 8. The second-order valence-electron chi connectivity index (χ2n) is 8.65. The molecule has 0 saturated carbocycles. The minimum atomic E-state index is -0.780.